The highest BCUT2D eigenvalue weighted by molar-refractivity contribution is 7.91. The van der Waals surface area contributed by atoms with E-state index >= 15 is 0 Å². The minimum atomic E-state index is -3.55. The predicted octanol–water partition coefficient (Wildman–Crippen LogP) is 0.272. The van der Waals surface area contributed by atoms with Crippen molar-refractivity contribution in [2.45, 2.75) is 11.8 Å². The predicted molar refractivity (Wildman–Crippen MR) is 102 cm³/mol. The molecule has 0 aromatic heterocycles. The second-order valence-corrected chi connectivity index (χ2v) is 10.4. The summed E-state index contributed by atoms with van der Waals surface area (Å²) in [5.41, 5.74) is 0.659. The fourth-order valence-corrected chi connectivity index (χ4v) is 4.50. The van der Waals surface area contributed by atoms with Crippen LogP contribution in [0, 0.1) is 0 Å². The number of rotatable bonds is 8. The van der Waals surface area contributed by atoms with Gasteiger partial charge in [0.25, 0.3) is 0 Å². The Balaban J connectivity index is 1.93. The fraction of sp³-hybridized carbons (Fsp3) is 0.471. The van der Waals surface area contributed by atoms with Crippen LogP contribution in [0.1, 0.15) is 12.5 Å². The van der Waals surface area contributed by atoms with Crippen molar-refractivity contribution in [3.05, 3.63) is 35.9 Å². The SMILES string of the molecule is CCS(=O)(=O)CCNC(=O)/C=C/c1ccc(S(=O)(=O)N2CCOCC2)cc1. The lowest BCUT2D eigenvalue weighted by Gasteiger charge is -2.26. The molecular formula is C17H24N2O6S2. The molecule has 0 bridgehead atoms. The first-order chi connectivity index (χ1) is 12.7. The van der Waals surface area contributed by atoms with E-state index in [2.05, 4.69) is 5.32 Å². The van der Waals surface area contributed by atoms with E-state index in [1.54, 1.807) is 19.1 Å². The van der Waals surface area contributed by atoms with Gasteiger partial charge in [-0.2, -0.15) is 4.31 Å². The Morgan fingerprint density at radius 1 is 1.15 bits per heavy atom. The van der Waals surface area contributed by atoms with Gasteiger partial charge >= 0.3 is 0 Å². The quantitative estimate of drug-likeness (QED) is 0.609. The van der Waals surface area contributed by atoms with Crippen LogP contribution < -0.4 is 5.32 Å². The highest BCUT2D eigenvalue weighted by Crippen LogP contribution is 2.18. The standard InChI is InChI=1S/C17H24N2O6S2/c1-2-26(21,22)14-9-18-17(20)8-5-15-3-6-16(7-4-15)27(23,24)19-10-12-25-13-11-19/h3-8H,2,9-14H2,1H3,(H,18,20)/b8-5+. The van der Waals surface area contributed by atoms with E-state index in [-0.39, 0.29) is 22.9 Å². The molecule has 0 unspecified atom stereocenters. The smallest absolute Gasteiger partial charge is 0.244 e. The number of benzene rings is 1. The first-order valence-electron chi connectivity index (χ1n) is 8.59. The number of nitrogens with one attached hydrogen (secondary N) is 1. The van der Waals surface area contributed by atoms with Gasteiger partial charge in [0, 0.05) is 31.5 Å². The van der Waals surface area contributed by atoms with Gasteiger partial charge in [-0.25, -0.2) is 16.8 Å². The summed E-state index contributed by atoms with van der Waals surface area (Å²) in [6.07, 6.45) is 2.82. The maximum atomic E-state index is 12.5. The Morgan fingerprint density at radius 2 is 1.78 bits per heavy atom. The van der Waals surface area contributed by atoms with Gasteiger partial charge in [0.2, 0.25) is 15.9 Å². The molecule has 0 saturated carbocycles. The van der Waals surface area contributed by atoms with Crippen molar-refractivity contribution in [2.75, 3.05) is 44.4 Å². The molecule has 2 rings (SSSR count). The molecule has 8 nitrogen and oxygen atoms in total. The number of hydrogen-bond acceptors (Lipinski definition) is 6. The summed E-state index contributed by atoms with van der Waals surface area (Å²) < 4.78 is 54.3. The van der Waals surface area contributed by atoms with Crippen molar-refractivity contribution >= 4 is 31.8 Å². The van der Waals surface area contributed by atoms with Crippen molar-refractivity contribution < 1.29 is 26.4 Å². The molecule has 1 heterocycles. The summed E-state index contributed by atoms with van der Waals surface area (Å²) in [5, 5.41) is 2.50. The normalized spacial score (nSPS) is 16.5. The molecule has 0 spiro atoms. The summed E-state index contributed by atoms with van der Waals surface area (Å²) in [4.78, 5) is 11.9. The summed E-state index contributed by atoms with van der Waals surface area (Å²) in [5.74, 6) is -0.471. The summed E-state index contributed by atoms with van der Waals surface area (Å²) in [7, 11) is -6.66. The van der Waals surface area contributed by atoms with E-state index < -0.39 is 25.8 Å². The molecule has 1 aliphatic heterocycles. The minimum Gasteiger partial charge on any atom is -0.379 e. The van der Waals surface area contributed by atoms with E-state index in [0.717, 1.165) is 0 Å². The first kappa shape index (κ1) is 21.5. The Hall–Kier alpha value is -1.75. The number of carbonyl (C=O) groups is 1. The molecule has 10 heteroatoms. The molecule has 0 radical (unpaired) electrons. The van der Waals surface area contributed by atoms with Crippen molar-refractivity contribution in [2.24, 2.45) is 0 Å². The molecule has 1 aromatic rings. The van der Waals surface area contributed by atoms with Gasteiger partial charge in [-0.05, 0) is 23.8 Å². The zero-order chi connectivity index (χ0) is 19.9. The third kappa shape index (κ3) is 6.42. The highest BCUT2D eigenvalue weighted by Gasteiger charge is 2.25. The minimum absolute atomic E-state index is 0.0401. The average Bonchev–Trinajstić information content (AvgIpc) is 2.67. The Morgan fingerprint density at radius 3 is 2.37 bits per heavy atom. The number of ether oxygens (including phenoxy) is 1. The summed E-state index contributed by atoms with van der Waals surface area (Å²) in [6.45, 7) is 3.04. The van der Waals surface area contributed by atoms with Gasteiger partial charge in [-0.1, -0.05) is 19.1 Å². The van der Waals surface area contributed by atoms with E-state index in [1.165, 1.54) is 28.6 Å². The molecule has 1 aromatic carbocycles. The van der Waals surface area contributed by atoms with Crippen LogP contribution in [-0.4, -0.2) is 71.4 Å². The van der Waals surface area contributed by atoms with Crippen molar-refractivity contribution in [3.63, 3.8) is 0 Å². The third-order valence-corrected chi connectivity index (χ3v) is 7.69. The largest absolute Gasteiger partial charge is 0.379 e. The molecule has 1 fully saturated rings. The molecule has 0 atom stereocenters. The molecule has 1 N–H and O–H groups in total. The molecular weight excluding hydrogens is 392 g/mol. The fourth-order valence-electron chi connectivity index (χ4n) is 2.39. The number of carbonyl (C=O) groups excluding carboxylic acids is 1. The maximum Gasteiger partial charge on any atom is 0.244 e. The topological polar surface area (TPSA) is 110 Å². The van der Waals surface area contributed by atoms with Gasteiger partial charge in [0.05, 0.1) is 23.9 Å². The third-order valence-electron chi connectivity index (χ3n) is 4.07. The van der Waals surface area contributed by atoms with Crippen LogP contribution in [0.5, 0.6) is 0 Å². The van der Waals surface area contributed by atoms with Crippen molar-refractivity contribution in [1.82, 2.24) is 9.62 Å². The van der Waals surface area contributed by atoms with Gasteiger partial charge < -0.3 is 10.1 Å². The second-order valence-electron chi connectivity index (χ2n) is 5.95. The molecule has 0 aliphatic carbocycles. The van der Waals surface area contributed by atoms with Gasteiger partial charge in [-0.15, -0.1) is 0 Å². The van der Waals surface area contributed by atoms with Crippen LogP contribution in [-0.2, 0) is 29.4 Å². The molecule has 1 aliphatic rings. The monoisotopic (exact) mass is 416 g/mol. The zero-order valence-electron chi connectivity index (χ0n) is 15.1. The van der Waals surface area contributed by atoms with Crippen LogP contribution >= 0.6 is 0 Å². The Labute approximate surface area is 160 Å². The molecule has 1 saturated heterocycles. The van der Waals surface area contributed by atoms with E-state index in [1.807, 2.05) is 0 Å². The number of morpholine rings is 1. The first-order valence-corrected chi connectivity index (χ1v) is 11.8. The number of hydrogen-bond donors (Lipinski definition) is 1. The van der Waals surface area contributed by atoms with Crippen LogP contribution in [0.2, 0.25) is 0 Å². The van der Waals surface area contributed by atoms with Gasteiger partial charge in [-0.3, -0.25) is 4.79 Å². The van der Waals surface area contributed by atoms with E-state index in [4.69, 9.17) is 4.74 Å². The average molecular weight is 417 g/mol. The molecule has 1 amide bonds. The zero-order valence-corrected chi connectivity index (χ0v) is 16.8. The van der Waals surface area contributed by atoms with Gasteiger partial charge in [0.1, 0.15) is 0 Å². The van der Waals surface area contributed by atoms with Crippen LogP contribution in [0.3, 0.4) is 0 Å². The lowest BCUT2D eigenvalue weighted by atomic mass is 10.2. The van der Waals surface area contributed by atoms with E-state index in [0.29, 0.717) is 31.9 Å². The van der Waals surface area contributed by atoms with Crippen LogP contribution in [0.4, 0.5) is 0 Å². The highest BCUT2D eigenvalue weighted by atomic mass is 32.2. The van der Waals surface area contributed by atoms with Crippen LogP contribution in [0.25, 0.3) is 6.08 Å². The Bertz CT molecular complexity index is 871. The van der Waals surface area contributed by atoms with Gasteiger partial charge in [0.15, 0.2) is 9.84 Å². The number of amides is 1. The molecule has 150 valence electrons. The lowest BCUT2D eigenvalue weighted by molar-refractivity contribution is -0.116. The van der Waals surface area contributed by atoms with Crippen LogP contribution in [0.15, 0.2) is 35.2 Å². The second kappa shape index (κ2) is 9.45. The Kier molecular flexibility index (Phi) is 7.54. The lowest BCUT2D eigenvalue weighted by Crippen LogP contribution is -2.40. The van der Waals surface area contributed by atoms with E-state index in [9.17, 15) is 21.6 Å². The van der Waals surface area contributed by atoms with Crippen molar-refractivity contribution in [3.8, 4) is 0 Å². The summed E-state index contributed by atoms with van der Waals surface area (Å²) >= 11 is 0. The number of nitrogens with zero attached hydrogens (tertiary/aromatic N) is 1. The number of sulfonamides is 1. The molecule has 27 heavy (non-hydrogen) atoms. The maximum absolute atomic E-state index is 12.5. The number of sulfone groups is 1. The van der Waals surface area contributed by atoms with Crippen molar-refractivity contribution in [1.29, 1.82) is 0 Å². The summed E-state index contributed by atoms with van der Waals surface area (Å²) in [6, 6.07) is 6.21.